The Hall–Kier alpha value is -0.0800. The molecule has 0 spiro atoms. The van der Waals surface area contributed by atoms with Gasteiger partial charge in [0.1, 0.15) is 0 Å². The highest BCUT2D eigenvalue weighted by Crippen LogP contribution is 2.13. The molecule has 0 aromatic carbocycles. The van der Waals surface area contributed by atoms with Crippen molar-refractivity contribution in [3.8, 4) is 0 Å². The van der Waals surface area contributed by atoms with Crippen molar-refractivity contribution in [2.24, 2.45) is 5.92 Å². The van der Waals surface area contributed by atoms with Crippen molar-refractivity contribution in [3.63, 3.8) is 0 Å². The van der Waals surface area contributed by atoms with Gasteiger partial charge in [0.25, 0.3) is 0 Å². The predicted octanol–water partition coefficient (Wildman–Crippen LogP) is 3.60. The Balaban J connectivity index is 3.50. The first-order chi connectivity index (χ1) is 6.74. The highest BCUT2D eigenvalue weighted by atomic mass is 16.7. The lowest BCUT2D eigenvalue weighted by molar-refractivity contribution is -0.135. The van der Waals surface area contributed by atoms with Gasteiger partial charge in [-0.1, -0.05) is 33.1 Å². The largest absolute Gasteiger partial charge is 0.353 e. The molecule has 0 saturated heterocycles. The van der Waals surface area contributed by atoms with Crippen molar-refractivity contribution in [2.75, 3.05) is 13.2 Å². The highest BCUT2D eigenvalue weighted by molar-refractivity contribution is 4.55. The molecule has 2 unspecified atom stereocenters. The summed E-state index contributed by atoms with van der Waals surface area (Å²) < 4.78 is 10.9. The van der Waals surface area contributed by atoms with Crippen LogP contribution in [0.3, 0.4) is 0 Å². The van der Waals surface area contributed by atoms with Gasteiger partial charge in [-0.05, 0) is 26.2 Å². The van der Waals surface area contributed by atoms with Crippen molar-refractivity contribution in [2.45, 2.75) is 59.7 Å². The second-order valence-corrected chi connectivity index (χ2v) is 3.77. The van der Waals surface area contributed by atoms with Crippen LogP contribution in [0.4, 0.5) is 0 Å². The molecule has 0 aliphatic heterocycles. The topological polar surface area (TPSA) is 18.5 Å². The molecule has 2 heteroatoms. The van der Waals surface area contributed by atoms with Crippen LogP contribution in [0.5, 0.6) is 0 Å². The molecule has 0 radical (unpaired) electrons. The molecule has 86 valence electrons. The molecule has 0 fully saturated rings. The summed E-state index contributed by atoms with van der Waals surface area (Å²) >= 11 is 0. The molecule has 0 aromatic heterocycles. The fourth-order valence-corrected chi connectivity index (χ4v) is 1.45. The quantitative estimate of drug-likeness (QED) is 0.532. The van der Waals surface area contributed by atoms with E-state index in [-0.39, 0.29) is 6.29 Å². The van der Waals surface area contributed by atoms with E-state index in [0.29, 0.717) is 5.92 Å². The Kier molecular flexibility index (Phi) is 9.42. The number of ether oxygens (including phenoxy) is 2. The molecule has 0 N–H and O–H groups in total. The minimum Gasteiger partial charge on any atom is -0.353 e. The SMILES string of the molecule is CCCCC(CC)COC(C)OCC. The lowest BCUT2D eigenvalue weighted by Gasteiger charge is -2.18. The summed E-state index contributed by atoms with van der Waals surface area (Å²) in [6, 6.07) is 0. The standard InChI is InChI=1S/C12H26O2/c1-5-8-9-12(6-2)10-14-11(4)13-7-3/h11-12H,5-10H2,1-4H3. The van der Waals surface area contributed by atoms with Crippen molar-refractivity contribution in [1.82, 2.24) is 0 Å². The van der Waals surface area contributed by atoms with Crippen LogP contribution in [0.2, 0.25) is 0 Å². The Bertz CT molecular complexity index is 115. The van der Waals surface area contributed by atoms with E-state index in [0.717, 1.165) is 13.2 Å². The maximum Gasteiger partial charge on any atom is 0.154 e. The molecule has 0 amide bonds. The van der Waals surface area contributed by atoms with Crippen LogP contribution in [-0.2, 0) is 9.47 Å². The van der Waals surface area contributed by atoms with E-state index in [9.17, 15) is 0 Å². The smallest absolute Gasteiger partial charge is 0.154 e. The average molecular weight is 202 g/mol. The molecule has 0 aliphatic rings. The zero-order valence-electron chi connectivity index (χ0n) is 10.2. The van der Waals surface area contributed by atoms with Crippen LogP contribution in [0.1, 0.15) is 53.4 Å². The van der Waals surface area contributed by atoms with Gasteiger partial charge in [0, 0.05) is 6.61 Å². The highest BCUT2D eigenvalue weighted by Gasteiger charge is 2.08. The second-order valence-electron chi connectivity index (χ2n) is 3.77. The van der Waals surface area contributed by atoms with Crippen molar-refractivity contribution >= 4 is 0 Å². The fourth-order valence-electron chi connectivity index (χ4n) is 1.45. The van der Waals surface area contributed by atoms with E-state index in [1.54, 1.807) is 0 Å². The maximum absolute atomic E-state index is 5.61. The molecule has 2 nitrogen and oxygen atoms in total. The van der Waals surface area contributed by atoms with Gasteiger partial charge < -0.3 is 9.47 Å². The zero-order valence-corrected chi connectivity index (χ0v) is 10.2. The summed E-state index contributed by atoms with van der Waals surface area (Å²) in [5, 5.41) is 0. The van der Waals surface area contributed by atoms with Crippen LogP contribution in [0.15, 0.2) is 0 Å². The number of rotatable bonds is 9. The van der Waals surface area contributed by atoms with Crippen molar-refractivity contribution < 1.29 is 9.47 Å². The van der Waals surface area contributed by atoms with Crippen LogP contribution in [0.25, 0.3) is 0 Å². The third-order valence-electron chi connectivity index (χ3n) is 2.51. The maximum atomic E-state index is 5.61. The van der Waals surface area contributed by atoms with Gasteiger partial charge in [-0.25, -0.2) is 0 Å². The minimum atomic E-state index is -0.0457. The summed E-state index contributed by atoms with van der Waals surface area (Å²) in [6.45, 7) is 10.0. The van der Waals surface area contributed by atoms with Crippen LogP contribution in [0, 0.1) is 5.92 Å². The second kappa shape index (κ2) is 9.47. The Morgan fingerprint density at radius 3 is 2.29 bits per heavy atom. The number of hydrogen-bond donors (Lipinski definition) is 0. The molecule has 0 heterocycles. The van der Waals surface area contributed by atoms with Gasteiger partial charge in [-0.15, -0.1) is 0 Å². The van der Waals surface area contributed by atoms with Gasteiger partial charge in [0.15, 0.2) is 6.29 Å². The first kappa shape index (κ1) is 13.9. The van der Waals surface area contributed by atoms with Crippen LogP contribution < -0.4 is 0 Å². The molecule has 0 aliphatic carbocycles. The van der Waals surface area contributed by atoms with Gasteiger partial charge in [0.2, 0.25) is 0 Å². The Labute approximate surface area is 89.0 Å². The van der Waals surface area contributed by atoms with Gasteiger partial charge in [0.05, 0.1) is 6.61 Å². The summed E-state index contributed by atoms with van der Waals surface area (Å²) in [4.78, 5) is 0. The predicted molar refractivity (Wildman–Crippen MR) is 60.3 cm³/mol. The van der Waals surface area contributed by atoms with Gasteiger partial charge >= 0.3 is 0 Å². The summed E-state index contributed by atoms with van der Waals surface area (Å²) in [7, 11) is 0. The number of unbranched alkanes of at least 4 members (excludes halogenated alkanes) is 1. The fraction of sp³-hybridized carbons (Fsp3) is 1.00. The summed E-state index contributed by atoms with van der Waals surface area (Å²) in [5.74, 6) is 0.706. The molecule has 0 saturated carbocycles. The van der Waals surface area contributed by atoms with E-state index < -0.39 is 0 Å². The third-order valence-corrected chi connectivity index (χ3v) is 2.51. The van der Waals surface area contributed by atoms with Crippen LogP contribution in [-0.4, -0.2) is 19.5 Å². The normalized spacial score (nSPS) is 15.4. The van der Waals surface area contributed by atoms with Crippen LogP contribution >= 0.6 is 0 Å². The lowest BCUT2D eigenvalue weighted by Crippen LogP contribution is -2.18. The summed E-state index contributed by atoms with van der Waals surface area (Å²) in [5.41, 5.74) is 0. The first-order valence-corrected chi connectivity index (χ1v) is 5.97. The monoisotopic (exact) mass is 202 g/mol. The lowest BCUT2D eigenvalue weighted by atomic mass is 10.0. The molecule has 0 rings (SSSR count). The van der Waals surface area contributed by atoms with E-state index in [1.807, 2.05) is 13.8 Å². The number of hydrogen-bond acceptors (Lipinski definition) is 2. The molecule has 14 heavy (non-hydrogen) atoms. The van der Waals surface area contributed by atoms with Crippen molar-refractivity contribution in [3.05, 3.63) is 0 Å². The molecule has 0 bridgehead atoms. The summed E-state index contributed by atoms with van der Waals surface area (Å²) in [6.07, 6.45) is 5.03. The Morgan fingerprint density at radius 1 is 1.07 bits per heavy atom. The third kappa shape index (κ3) is 7.34. The van der Waals surface area contributed by atoms with E-state index >= 15 is 0 Å². The van der Waals surface area contributed by atoms with Gasteiger partial charge in [-0.3, -0.25) is 0 Å². The zero-order chi connectivity index (χ0) is 10.8. The molecule has 2 atom stereocenters. The molecular weight excluding hydrogens is 176 g/mol. The van der Waals surface area contributed by atoms with E-state index in [1.165, 1.54) is 25.7 Å². The van der Waals surface area contributed by atoms with Crippen molar-refractivity contribution in [1.29, 1.82) is 0 Å². The van der Waals surface area contributed by atoms with E-state index in [4.69, 9.17) is 9.47 Å². The minimum absolute atomic E-state index is 0.0457. The molecular formula is C12H26O2. The molecule has 0 aromatic rings. The first-order valence-electron chi connectivity index (χ1n) is 5.97. The Morgan fingerprint density at radius 2 is 1.79 bits per heavy atom. The van der Waals surface area contributed by atoms with E-state index in [2.05, 4.69) is 13.8 Å². The average Bonchev–Trinajstić information content (AvgIpc) is 2.19. The van der Waals surface area contributed by atoms with Gasteiger partial charge in [-0.2, -0.15) is 0 Å².